The van der Waals surface area contributed by atoms with E-state index in [0.29, 0.717) is 13.0 Å². The number of benzene rings is 1. The van der Waals surface area contributed by atoms with Gasteiger partial charge in [-0.2, -0.15) is 0 Å². The highest BCUT2D eigenvalue weighted by atomic mass is 32.2. The molecule has 0 radical (unpaired) electrons. The molecule has 1 heterocycles. The fourth-order valence-electron chi connectivity index (χ4n) is 2.32. The summed E-state index contributed by atoms with van der Waals surface area (Å²) in [5, 5.41) is 7.93. The molecule has 2 rings (SSSR count). The van der Waals surface area contributed by atoms with Crippen LogP contribution in [0.3, 0.4) is 0 Å². The molecule has 3 N–H and O–H groups in total. The van der Waals surface area contributed by atoms with Crippen molar-refractivity contribution in [2.45, 2.75) is 25.4 Å². The molecule has 1 aliphatic heterocycles. The Labute approximate surface area is 135 Å². The number of carbonyl (C=O) groups excluding carboxylic acids is 2. The normalized spacial score (nSPS) is 19.0. The Morgan fingerprint density at radius 1 is 1.13 bits per heavy atom. The summed E-state index contributed by atoms with van der Waals surface area (Å²) in [5.41, 5.74) is 1.01. The second kappa shape index (κ2) is 7.96. The van der Waals surface area contributed by atoms with Crippen molar-refractivity contribution in [3.05, 3.63) is 35.9 Å². The second-order valence-electron chi connectivity index (χ2n) is 5.51. The molecule has 0 saturated carbocycles. The van der Waals surface area contributed by atoms with Crippen LogP contribution in [-0.2, 0) is 21.2 Å². The Morgan fingerprint density at radius 3 is 2.52 bits per heavy atom. The first kappa shape index (κ1) is 17.3. The lowest BCUT2D eigenvalue weighted by atomic mass is 10.2. The monoisotopic (exact) mass is 339 g/mol. The van der Waals surface area contributed by atoms with Crippen LogP contribution in [0.15, 0.2) is 30.3 Å². The summed E-state index contributed by atoms with van der Waals surface area (Å²) < 4.78 is 22.6. The molecule has 0 bridgehead atoms. The van der Waals surface area contributed by atoms with Gasteiger partial charge in [0, 0.05) is 25.6 Å². The third kappa shape index (κ3) is 6.27. The Bertz CT molecular complexity index is 646. The first-order valence-corrected chi connectivity index (χ1v) is 9.32. The maximum absolute atomic E-state index is 11.7. The maximum Gasteiger partial charge on any atom is 0.315 e. The third-order valence-electron chi connectivity index (χ3n) is 3.54. The summed E-state index contributed by atoms with van der Waals surface area (Å²) >= 11 is 0. The Morgan fingerprint density at radius 2 is 1.87 bits per heavy atom. The van der Waals surface area contributed by atoms with E-state index in [9.17, 15) is 18.0 Å². The fraction of sp³-hybridized carbons (Fsp3) is 0.467. The number of rotatable bonds is 6. The smallest absolute Gasteiger partial charge is 0.315 e. The molecular formula is C15H21N3O4S. The summed E-state index contributed by atoms with van der Waals surface area (Å²) in [6.45, 7) is 0.651. The van der Waals surface area contributed by atoms with Crippen LogP contribution in [0.4, 0.5) is 4.79 Å². The van der Waals surface area contributed by atoms with E-state index < -0.39 is 15.9 Å². The summed E-state index contributed by atoms with van der Waals surface area (Å²) in [4.78, 5) is 23.3. The van der Waals surface area contributed by atoms with Gasteiger partial charge in [-0.05, 0) is 12.0 Å². The van der Waals surface area contributed by atoms with E-state index in [1.54, 1.807) is 0 Å². The molecule has 1 aliphatic rings. The van der Waals surface area contributed by atoms with Gasteiger partial charge in [-0.1, -0.05) is 30.3 Å². The SMILES string of the molecule is O=C(CCNC(=O)N[C@H]1CCS(=O)(=O)C1)NCc1ccccc1. The predicted octanol–water partition coefficient (Wildman–Crippen LogP) is 0.179. The minimum absolute atomic E-state index is 0.0159. The largest absolute Gasteiger partial charge is 0.352 e. The van der Waals surface area contributed by atoms with E-state index in [4.69, 9.17) is 0 Å². The molecule has 1 atom stereocenters. The third-order valence-corrected chi connectivity index (χ3v) is 5.31. The van der Waals surface area contributed by atoms with Gasteiger partial charge < -0.3 is 16.0 Å². The van der Waals surface area contributed by atoms with Gasteiger partial charge in [0.1, 0.15) is 0 Å². The zero-order valence-corrected chi connectivity index (χ0v) is 13.6. The molecule has 0 aromatic heterocycles. The van der Waals surface area contributed by atoms with Crippen molar-refractivity contribution < 1.29 is 18.0 Å². The fourth-order valence-corrected chi connectivity index (χ4v) is 3.99. The second-order valence-corrected chi connectivity index (χ2v) is 7.74. The molecule has 0 spiro atoms. The van der Waals surface area contributed by atoms with Gasteiger partial charge in [0.2, 0.25) is 5.91 Å². The number of carbonyl (C=O) groups is 2. The van der Waals surface area contributed by atoms with Crippen LogP contribution in [0.1, 0.15) is 18.4 Å². The van der Waals surface area contributed by atoms with Crippen molar-refractivity contribution in [3.63, 3.8) is 0 Å². The maximum atomic E-state index is 11.7. The molecule has 3 amide bonds. The molecule has 23 heavy (non-hydrogen) atoms. The average molecular weight is 339 g/mol. The summed E-state index contributed by atoms with van der Waals surface area (Å²) in [6.07, 6.45) is 0.608. The van der Waals surface area contributed by atoms with E-state index in [1.807, 2.05) is 30.3 Å². The molecule has 1 aromatic rings. The van der Waals surface area contributed by atoms with Crippen molar-refractivity contribution >= 4 is 21.8 Å². The van der Waals surface area contributed by atoms with Crippen molar-refractivity contribution in [2.24, 2.45) is 0 Å². The Balaban J connectivity index is 1.59. The van der Waals surface area contributed by atoms with Gasteiger partial charge in [0.25, 0.3) is 0 Å². The quantitative estimate of drug-likeness (QED) is 0.687. The van der Waals surface area contributed by atoms with Gasteiger partial charge in [-0.15, -0.1) is 0 Å². The molecule has 1 aromatic carbocycles. The van der Waals surface area contributed by atoms with Crippen molar-refractivity contribution in [1.29, 1.82) is 0 Å². The van der Waals surface area contributed by atoms with Gasteiger partial charge >= 0.3 is 6.03 Å². The highest BCUT2D eigenvalue weighted by molar-refractivity contribution is 7.91. The molecule has 1 saturated heterocycles. The van der Waals surface area contributed by atoms with Crippen molar-refractivity contribution in [1.82, 2.24) is 16.0 Å². The van der Waals surface area contributed by atoms with E-state index in [-0.39, 0.29) is 36.4 Å². The highest BCUT2D eigenvalue weighted by Crippen LogP contribution is 2.10. The topological polar surface area (TPSA) is 104 Å². The number of hydrogen-bond donors (Lipinski definition) is 3. The average Bonchev–Trinajstić information content (AvgIpc) is 2.85. The molecule has 1 fully saturated rings. The standard InChI is InChI=1S/C15H21N3O4S/c19-14(17-10-12-4-2-1-3-5-12)6-8-16-15(20)18-13-7-9-23(21,22)11-13/h1-5,13H,6-11H2,(H,17,19)(H2,16,18,20)/t13-/m0/s1. The first-order chi connectivity index (χ1) is 10.9. The number of amides is 3. The number of sulfone groups is 1. The molecule has 0 unspecified atom stereocenters. The lowest BCUT2D eigenvalue weighted by Crippen LogP contribution is -2.43. The van der Waals surface area contributed by atoms with Gasteiger partial charge in [0.15, 0.2) is 9.84 Å². The Hall–Kier alpha value is -2.09. The van der Waals surface area contributed by atoms with Crippen LogP contribution in [0, 0.1) is 0 Å². The van der Waals surface area contributed by atoms with E-state index >= 15 is 0 Å². The minimum Gasteiger partial charge on any atom is -0.352 e. The lowest BCUT2D eigenvalue weighted by molar-refractivity contribution is -0.121. The van der Waals surface area contributed by atoms with E-state index in [1.165, 1.54) is 0 Å². The highest BCUT2D eigenvalue weighted by Gasteiger charge is 2.28. The number of nitrogens with one attached hydrogen (secondary N) is 3. The lowest BCUT2D eigenvalue weighted by Gasteiger charge is -2.12. The van der Waals surface area contributed by atoms with Crippen molar-refractivity contribution in [3.8, 4) is 0 Å². The van der Waals surface area contributed by atoms with Crippen LogP contribution in [0.5, 0.6) is 0 Å². The zero-order chi connectivity index (χ0) is 16.7. The molecule has 8 heteroatoms. The van der Waals surface area contributed by atoms with Crippen molar-refractivity contribution in [2.75, 3.05) is 18.1 Å². The first-order valence-electron chi connectivity index (χ1n) is 7.50. The van der Waals surface area contributed by atoms with Gasteiger partial charge in [0.05, 0.1) is 11.5 Å². The molecular weight excluding hydrogens is 318 g/mol. The van der Waals surface area contributed by atoms with Crippen LogP contribution in [-0.4, -0.2) is 44.4 Å². The van der Waals surface area contributed by atoms with Gasteiger partial charge in [-0.25, -0.2) is 13.2 Å². The summed E-state index contributed by atoms with van der Waals surface area (Å²) in [5.74, 6) is -0.0599. The number of hydrogen-bond acceptors (Lipinski definition) is 4. The minimum atomic E-state index is -3.02. The van der Waals surface area contributed by atoms with Crippen LogP contribution < -0.4 is 16.0 Å². The van der Waals surface area contributed by atoms with Crippen LogP contribution in [0.2, 0.25) is 0 Å². The predicted molar refractivity (Wildman–Crippen MR) is 86.5 cm³/mol. The summed E-state index contributed by atoms with van der Waals surface area (Å²) in [7, 11) is -3.02. The molecule has 0 aliphatic carbocycles. The van der Waals surface area contributed by atoms with E-state index in [2.05, 4.69) is 16.0 Å². The van der Waals surface area contributed by atoms with E-state index in [0.717, 1.165) is 5.56 Å². The Kier molecular flexibility index (Phi) is 5.97. The number of urea groups is 1. The molecule has 126 valence electrons. The molecule has 7 nitrogen and oxygen atoms in total. The van der Waals surface area contributed by atoms with Crippen LogP contribution in [0.25, 0.3) is 0 Å². The zero-order valence-electron chi connectivity index (χ0n) is 12.7. The summed E-state index contributed by atoms with van der Waals surface area (Å²) in [6, 6.07) is 8.76. The van der Waals surface area contributed by atoms with Gasteiger partial charge in [-0.3, -0.25) is 4.79 Å². The van der Waals surface area contributed by atoms with Crippen LogP contribution >= 0.6 is 0 Å².